The number of fused-ring (bicyclic) bond motifs is 4. The van der Waals surface area contributed by atoms with E-state index in [-0.39, 0.29) is 0 Å². The Morgan fingerprint density at radius 2 is 1.90 bits per heavy atom. The first kappa shape index (κ1) is 18.0. The van der Waals surface area contributed by atoms with Crippen LogP contribution in [0, 0.1) is 0 Å². The molecule has 6 heteroatoms. The minimum absolute atomic E-state index is 0.503. The van der Waals surface area contributed by atoms with E-state index in [1.165, 1.54) is 32.8 Å². The third kappa shape index (κ3) is 2.82. The molecule has 2 aromatic heterocycles. The van der Waals surface area contributed by atoms with Gasteiger partial charge >= 0.3 is 0 Å². The first-order chi connectivity index (χ1) is 14.7. The van der Waals surface area contributed by atoms with Crippen LogP contribution in [0.2, 0.25) is 0 Å². The highest BCUT2D eigenvalue weighted by Gasteiger charge is 2.26. The van der Waals surface area contributed by atoms with Crippen molar-refractivity contribution in [3.05, 3.63) is 59.3 Å². The van der Waals surface area contributed by atoms with Crippen LogP contribution in [0.15, 0.2) is 46.9 Å². The topological polar surface area (TPSA) is 57.7 Å². The van der Waals surface area contributed by atoms with Gasteiger partial charge in [0, 0.05) is 49.8 Å². The zero-order chi connectivity index (χ0) is 20.2. The van der Waals surface area contributed by atoms with E-state index in [0.717, 1.165) is 43.5 Å². The predicted octanol–water partition coefficient (Wildman–Crippen LogP) is 4.10. The highest BCUT2D eigenvalue weighted by atomic mass is 16.5. The summed E-state index contributed by atoms with van der Waals surface area (Å²) in [5.74, 6) is 0.503. The number of oxazole rings is 1. The fraction of sp³-hybridized carbons (Fsp3) is 0.375. The average molecular weight is 402 g/mol. The minimum atomic E-state index is 0.503. The highest BCUT2D eigenvalue weighted by molar-refractivity contribution is 5.86. The van der Waals surface area contributed by atoms with Crippen LogP contribution in [0.5, 0.6) is 0 Å². The number of nitrogens with zero attached hydrogens (tertiary/aromatic N) is 4. The van der Waals surface area contributed by atoms with Crippen molar-refractivity contribution in [2.45, 2.75) is 25.2 Å². The Labute approximate surface area is 175 Å². The molecule has 1 fully saturated rings. The Morgan fingerprint density at radius 1 is 1.07 bits per heavy atom. The number of para-hydroxylation sites is 1. The Hall–Kier alpha value is -2.83. The van der Waals surface area contributed by atoms with E-state index in [1.54, 1.807) is 0 Å². The lowest BCUT2D eigenvalue weighted by Crippen LogP contribution is -2.44. The maximum absolute atomic E-state index is 9.58. The molecule has 1 saturated heterocycles. The smallest absolute Gasteiger partial charge is 0.298 e. The SMILES string of the molecule is Cn1c2c(c3ccccc31)CCC(c1ccc3oc(N4CCN(O)CC4)nc3c1)C2. The molecule has 4 aromatic rings. The van der Waals surface area contributed by atoms with Gasteiger partial charge in [0.15, 0.2) is 5.58 Å². The Morgan fingerprint density at radius 3 is 2.77 bits per heavy atom. The maximum atomic E-state index is 9.58. The van der Waals surface area contributed by atoms with Crippen LogP contribution < -0.4 is 4.90 Å². The van der Waals surface area contributed by atoms with Crippen molar-refractivity contribution in [1.29, 1.82) is 0 Å². The maximum Gasteiger partial charge on any atom is 0.298 e. The minimum Gasteiger partial charge on any atom is -0.423 e. The lowest BCUT2D eigenvalue weighted by Gasteiger charge is -2.29. The van der Waals surface area contributed by atoms with Crippen molar-refractivity contribution < 1.29 is 9.62 Å². The first-order valence-electron chi connectivity index (χ1n) is 10.8. The molecule has 1 N–H and O–H groups in total. The lowest BCUT2D eigenvalue weighted by molar-refractivity contribution is -0.0939. The van der Waals surface area contributed by atoms with E-state index in [0.29, 0.717) is 25.0 Å². The molecule has 1 aliphatic heterocycles. The Balaban J connectivity index is 1.30. The number of hydrogen-bond acceptors (Lipinski definition) is 5. The van der Waals surface area contributed by atoms with E-state index >= 15 is 0 Å². The van der Waals surface area contributed by atoms with Crippen molar-refractivity contribution in [2.24, 2.45) is 7.05 Å². The summed E-state index contributed by atoms with van der Waals surface area (Å²) in [7, 11) is 2.20. The second-order valence-corrected chi connectivity index (χ2v) is 8.61. The van der Waals surface area contributed by atoms with Gasteiger partial charge in [0.1, 0.15) is 5.52 Å². The number of anilines is 1. The van der Waals surface area contributed by atoms with Crippen LogP contribution in [-0.4, -0.2) is 46.0 Å². The van der Waals surface area contributed by atoms with Gasteiger partial charge < -0.3 is 19.1 Å². The quantitative estimate of drug-likeness (QED) is 0.547. The number of aryl methyl sites for hydroxylation is 2. The zero-order valence-electron chi connectivity index (χ0n) is 17.2. The monoisotopic (exact) mass is 402 g/mol. The third-order valence-electron chi connectivity index (χ3n) is 6.92. The molecule has 0 amide bonds. The standard InChI is InChI=1S/C24H26N4O2/c1-26-21-5-3-2-4-18(21)19-8-6-17(15-22(19)26)16-7-9-23-20(14-16)25-24(30-23)27-10-12-28(29)13-11-27/h2-5,7,9,14,17,29H,6,8,10-13,15H2,1H3. The molecule has 154 valence electrons. The molecule has 1 unspecified atom stereocenters. The Bertz CT molecular complexity index is 1230. The summed E-state index contributed by atoms with van der Waals surface area (Å²) in [6.07, 6.45) is 3.35. The van der Waals surface area contributed by atoms with Gasteiger partial charge in [-0.25, -0.2) is 0 Å². The second kappa shape index (κ2) is 6.86. The van der Waals surface area contributed by atoms with Gasteiger partial charge in [0.05, 0.1) is 0 Å². The van der Waals surface area contributed by atoms with Crippen LogP contribution in [0.4, 0.5) is 6.01 Å². The molecule has 30 heavy (non-hydrogen) atoms. The lowest BCUT2D eigenvalue weighted by atomic mass is 9.82. The van der Waals surface area contributed by atoms with Crippen LogP contribution in [0.25, 0.3) is 22.0 Å². The van der Waals surface area contributed by atoms with E-state index in [9.17, 15) is 5.21 Å². The van der Waals surface area contributed by atoms with Gasteiger partial charge in [-0.05, 0) is 54.5 Å². The molecule has 2 aromatic carbocycles. The van der Waals surface area contributed by atoms with Gasteiger partial charge in [0.2, 0.25) is 0 Å². The molecule has 0 radical (unpaired) electrons. The molecule has 3 heterocycles. The molecular weight excluding hydrogens is 376 g/mol. The summed E-state index contributed by atoms with van der Waals surface area (Å²) < 4.78 is 8.39. The number of aromatic nitrogens is 2. The summed E-state index contributed by atoms with van der Waals surface area (Å²) in [5, 5.41) is 12.3. The van der Waals surface area contributed by atoms with Crippen LogP contribution >= 0.6 is 0 Å². The molecule has 2 aliphatic rings. The summed E-state index contributed by atoms with van der Waals surface area (Å²) >= 11 is 0. The fourth-order valence-electron chi connectivity index (χ4n) is 5.21. The number of rotatable bonds is 2. The van der Waals surface area contributed by atoms with Crippen LogP contribution in [0.1, 0.15) is 29.2 Å². The predicted molar refractivity (Wildman–Crippen MR) is 117 cm³/mol. The van der Waals surface area contributed by atoms with Gasteiger partial charge in [-0.15, -0.1) is 0 Å². The van der Waals surface area contributed by atoms with E-state index in [2.05, 4.69) is 59.0 Å². The number of hydrogen-bond donors (Lipinski definition) is 1. The molecule has 0 saturated carbocycles. The normalized spacial score (nSPS) is 20.2. The summed E-state index contributed by atoms with van der Waals surface area (Å²) in [6.45, 7) is 2.67. The van der Waals surface area contributed by atoms with Crippen molar-refractivity contribution in [3.8, 4) is 0 Å². The summed E-state index contributed by atoms with van der Waals surface area (Å²) in [5.41, 5.74) is 7.44. The average Bonchev–Trinajstić information content (AvgIpc) is 3.33. The zero-order valence-corrected chi connectivity index (χ0v) is 17.2. The van der Waals surface area contributed by atoms with E-state index in [1.807, 2.05) is 0 Å². The third-order valence-corrected chi connectivity index (χ3v) is 6.92. The molecular formula is C24H26N4O2. The molecule has 0 spiro atoms. The molecule has 6 nitrogen and oxygen atoms in total. The summed E-state index contributed by atoms with van der Waals surface area (Å²) in [6, 6.07) is 15.9. The van der Waals surface area contributed by atoms with E-state index in [4.69, 9.17) is 9.40 Å². The van der Waals surface area contributed by atoms with Crippen molar-refractivity contribution in [2.75, 3.05) is 31.1 Å². The van der Waals surface area contributed by atoms with Crippen molar-refractivity contribution >= 4 is 28.0 Å². The van der Waals surface area contributed by atoms with Crippen LogP contribution in [-0.2, 0) is 19.9 Å². The highest BCUT2D eigenvalue weighted by Crippen LogP contribution is 2.38. The first-order valence-corrected chi connectivity index (χ1v) is 10.8. The fourth-order valence-corrected chi connectivity index (χ4v) is 5.21. The van der Waals surface area contributed by atoms with Crippen molar-refractivity contribution in [3.63, 3.8) is 0 Å². The summed E-state index contributed by atoms with van der Waals surface area (Å²) in [4.78, 5) is 6.87. The second-order valence-electron chi connectivity index (χ2n) is 8.61. The largest absolute Gasteiger partial charge is 0.423 e. The molecule has 0 bridgehead atoms. The number of hydroxylamine groups is 2. The molecule has 1 atom stereocenters. The van der Waals surface area contributed by atoms with Crippen molar-refractivity contribution in [1.82, 2.24) is 14.6 Å². The molecule has 6 rings (SSSR count). The van der Waals surface area contributed by atoms with Gasteiger partial charge in [0.25, 0.3) is 6.01 Å². The molecule has 1 aliphatic carbocycles. The van der Waals surface area contributed by atoms with Crippen LogP contribution in [0.3, 0.4) is 0 Å². The van der Waals surface area contributed by atoms with Gasteiger partial charge in [-0.1, -0.05) is 24.3 Å². The number of benzene rings is 2. The number of piperazine rings is 1. The Kier molecular flexibility index (Phi) is 4.11. The van der Waals surface area contributed by atoms with Gasteiger partial charge in [-0.2, -0.15) is 10.0 Å². The van der Waals surface area contributed by atoms with Gasteiger partial charge in [-0.3, -0.25) is 0 Å². The van der Waals surface area contributed by atoms with E-state index < -0.39 is 0 Å².